The molecule has 0 saturated carbocycles. The zero-order valence-electron chi connectivity index (χ0n) is 9.01. The van der Waals surface area contributed by atoms with E-state index in [1.807, 2.05) is 20.8 Å². The Morgan fingerprint density at radius 1 is 1.15 bits per heavy atom. The normalized spacial score (nSPS) is 12.5. The molecule has 0 spiro atoms. The summed E-state index contributed by atoms with van der Waals surface area (Å²) >= 11 is 0. The second kappa shape index (κ2) is 4.34. The minimum absolute atomic E-state index is 0.188. The Bertz CT molecular complexity index is 228. The molecular weight excluding hydrogens is 164 g/mol. The van der Waals surface area contributed by atoms with Crippen LogP contribution in [0.2, 0.25) is 0 Å². The van der Waals surface area contributed by atoms with Gasteiger partial charge >= 0.3 is 0 Å². The van der Waals surface area contributed by atoms with Crippen LogP contribution in [0.4, 0.5) is 0 Å². The van der Waals surface area contributed by atoms with Crippen LogP contribution in [0, 0.1) is 11.8 Å². The molecule has 13 heavy (non-hydrogen) atoms. The third-order valence-electron chi connectivity index (χ3n) is 0.951. The van der Waals surface area contributed by atoms with Crippen LogP contribution >= 0.6 is 0 Å². The van der Waals surface area contributed by atoms with E-state index < -0.39 is 5.60 Å². The maximum atomic E-state index is 9.23. The maximum Gasteiger partial charge on any atom is 0.120 e. The number of rotatable bonds is 1. The Hall–Kier alpha value is -0.940. The second-order valence-electron chi connectivity index (χ2n) is 4.36. The van der Waals surface area contributed by atoms with E-state index in [4.69, 9.17) is 4.74 Å². The molecule has 2 heteroatoms. The SMILES string of the molecule is CC(C)(O)C#C/C=C/OC(C)(C)C. The lowest BCUT2D eigenvalue weighted by atomic mass is 10.1. The molecule has 1 N–H and O–H groups in total. The summed E-state index contributed by atoms with van der Waals surface area (Å²) in [5.74, 6) is 5.34. The molecule has 0 atom stereocenters. The van der Waals surface area contributed by atoms with Crippen molar-refractivity contribution in [1.29, 1.82) is 0 Å². The minimum atomic E-state index is -0.938. The average molecular weight is 182 g/mol. The predicted molar refractivity (Wildman–Crippen MR) is 54.1 cm³/mol. The number of hydrogen-bond donors (Lipinski definition) is 1. The fourth-order valence-electron chi connectivity index (χ4n) is 0.490. The van der Waals surface area contributed by atoms with Gasteiger partial charge in [0.25, 0.3) is 0 Å². The van der Waals surface area contributed by atoms with Crippen molar-refractivity contribution in [3.8, 4) is 11.8 Å². The predicted octanol–water partition coefficient (Wildman–Crippen LogP) is 2.09. The first-order valence-corrected chi connectivity index (χ1v) is 4.29. The number of aliphatic hydroxyl groups is 1. The summed E-state index contributed by atoms with van der Waals surface area (Å²) in [6, 6.07) is 0. The highest BCUT2D eigenvalue weighted by Crippen LogP contribution is 2.06. The Morgan fingerprint density at radius 2 is 1.69 bits per heavy atom. The molecule has 0 amide bonds. The quantitative estimate of drug-likeness (QED) is 0.497. The van der Waals surface area contributed by atoms with Gasteiger partial charge in [-0.15, -0.1) is 0 Å². The van der Waals surface area contributed by atoms with E-state index in [9.17, 15) is 5.11 Å². The van der Waals surface area contributed by atoms with E-state index >= 15 is 0 Å². The van der Waals surface area contributed by atoms with Gasteiger partial charge in [-0.25, -0.2) is 0 Å². The van der Waals surface area contributed by atoms with Gasteiger partial charge in [-0.05, 0) is 34.6 Å². The summed E-state index contributed by atoms with van der Waals surface area (Å²) in [5.41, 5.74) is -1.13. The first kappa shape index (κ1) is 12.1. The van der Waals surface area contributed by atoms with Crippen molar-refractivity contribution in [3.63, 3.8) is 0 Å². The highest BCUT2D eigenvalue weighted by atomic mass is 16.5. The van der Waals surface area contributed by atoms with Crippen molar-refractivity contribution < 1.29 is 9.84 Å². The maximum absolute atomic E-state index is 9.23. The molecule has 0 bridgehead atoms. The van der Waals surface area contributed by atoms with Gasteiger partial charge in [0, 0.05) is 6.08 Å². The molecule has 0 aliphatic rings. The molecule has 0 aromatic heterocycles. The Kier molecular flexibility index (Phi) is 4.03. The van der Waals surface area contributed by atoms with Gasteiger partial charge in [0.15, 0.2) is 0 Å². The highest BCUT2D eigenvalue weighted by molar-refractivity contribution is 5.19. The van der Waals surface area contributed by atoms with Crippen LogP contribution in [0.5, 0.6) is 0 Å². The minimum Gasteiger partial charge on any atom is -0.495 e. The summed E-state index contributed by atoms with van der Waals surface area (Å²) < 4.78 is 5.28. The Labute approximate surface area is 80.6 Å². The smallest absolute Gasteiger partial charge is 0.120 e. The average Bonchev–Trinajstić information content (AvgIpc) is 1.81. The second-order valence-corrected chi connectivity index (χ2v) is 4.36. The molecule has 0 radical (unpaired) electrons. The molecule has 0 aliphatic carbocycles. The standard InChI is InChI=1S/C11H18O2/c1-10(2,3)13-9-7-6-8-11(4,5)12/h7,9,12H,1-5H3/b9-7+. The van der Waals surface area contributed by atoms with E-state index in [1.54, 1.807) is 26.2 Å². The van der Waals surface area contributed by atoms with Crippen molar-refractivity contribution in [3.05, 3.63) is 12.3 Å². The van der Waals surface area contributed by atoms with Gasteiger partial charge in [-0.3, -0.25) is 0 Å². The van der Waals surface area contributed by atoms with Crippen LogP contribution in [0.15, 0.2) is 12.3 Å². The van der Waals surface area contributed by atoms with Gasteiger partial charge < -0.3 is 9.84 Å². The van der Waals surface area contributed by atoms with Crippen molar-refractivity contribution in [2.75, 3.05) is 0 Å². The molecule has 0 aromatic rings. The lowest BCUT2D eigenvalue weighted by Crippen LogP contribution is -2.15. The van der Waals surface area contributed by atoms with E-state index in [0.29, 0.717) is 0 Å². The number of hydrogen-bond acceptors (Lipinski definition) is 2. The van der Waals surface area contributed by atoms with Crippen LogP contribution in [0.3, 0.4) is 0 Å². The zero-order chi connectivity index (χ0) is 10.5. The third-order valence-corrected chi connectivity index (χ3v) is 0.951. The van der Waals surface area contributed by atoms with E-state index in [2.05, 4.69) is 11.8 Å². The van der Waals surface area contributed by atoms with Gasteiger partial charge in [-0.2, -0.15) is 0 Å². The monoisotopic (exact) mass is 182 g/mol. The van der Waals surface area contributed by atoms with Gasteiger partial charge in [-0.1, -0.05) is 11.8 Å². The number of ether oxygens (including phenoxy) is 1. The molecule has 0 aliphatic heterocycles. The summed E-state index contributed by atoms with van der Waals surface area (Å²) in [7, 11) is 0. The molecular formula is C11H18O2. The summed E-state index contributed by atoms with van der Waals surface area (Å²) in [6.45, 7) is 9.15. The van der Waals surface area contributed by atoms with Gasteiger partial charge in [0.2, 0.25) is 0 Å². The summed E-state index contributed by atoms with van der Waals surface area (Å²) in [4.78, 5) is 0. The lowest BCUT2D eigenvalue weighted by molar-refractivity contribution is 0.0768. The van der Waals surface area contributed by atoms with E-state index in [0.717, 1.165) is 0 Å². The van der Waals surface area contributed by atoms with Gasteiger partial charge in [0.05, 0.1) is 11.9 Å². The molecule has 0 fully saturated rings. The molecule has 0 aromatic carbocycles. The molecule has 0 heterocycles. The summed E-state index contributed by atoms with van der Waals surface area (Å²) in [5, 5.41) is 9.23. The Morgan fingerprint density at radius 3 is 2.08 bits per heavy atom. The van der Waals surface area contributed by atoms with E-state index in [-0.39, 0.29) is 5.60 Å². The third kappa shape index (κ3) is 11.1. The van der Waals surface area contributed by atoms with Crippen LogP contribution in [0.1, 0.15) is 34.6 Å². The highest BCUT2D eigenvalue weighted by Gasteiger charge is 2.07. The number of allylic oxidation sites excluding steroid dienone is 1. The zero-order valence-corrected chi connectivity index (χ0v) is 9.01. The topological polar surface area (TPSA) is 29.5 Å². The first-order valence-electron chi connectivity index (χ1n) is 4.29. The fourth-order valence-corrected chi connectivity index (χ4v) is 0.490. The molecule has 0 rings (SSSR count). The van der Waals surface area contributed by atoms with E-state index in [1.165, 1.54) is 0 Å². The van der Waals surface area contributed by atoms with Crippen molar-refractivity contribution >= 4 is 0 Å². The summed E-state index contributed by atoms with van der Waals surface area (Å²) in [6.07, 6.45) is 3.13. The molecule has 0 saturated heterocycles. The largest absolute Gasteiger partial charge is 0.495 e. The molecule has 74 valence electrons. The Balaban J connectivity index is 3.95. The lowest BCUT2D eigenvalue weighted by Gasteiger charge is -2.16. The van der Waals surface area contributed by atoms with Crippen LogP contribution < -0.4 is 0 Å². The van der Waals surface area contributed by atoms with Crippen LogP contribution in [-0.2, 0) is 4.74 Å². The first-order chi connectivity index (χ1) is 5.71. The fraction of sp³-hybridized carbons (Fsp3) is 0.636. The van der Waals surface area contributed by atoms with Crippen molar-refractivity contribution in [1.82, 2.24) is 0 Å². The van der Waals surface area contributed by atoms with Crippen LogP contribution in [0.25, 0.3) is 0 Å². The van der Waals surface area contributed by atoms with Crippen LogP contribution in [-0.4, -0.2) is 16.3 Å². The molecule has 0 unspecified atom stereocenters. The van der Waals surface area contributed by atoms with Gasteiger partial charge in [0.1, 0.15) is 5.60 Å². The molecule has 2 nitrogen and oxygen atoms in total. The van der Waals surface area contributed by atoms with Crippen molar-refractivity contribution in [2.45, 2.75) is 45.8 Å². The van der Waals surface area contributed by atoms with Crippen molar-refractivity contribution in [2.24, 2.45) is 0 Å².